The summed E-state index contributed by atoms with van der Waals surface area (Å²) in [6.45, 7) is 0.227. The summed E-state index contributed by atoms with van der Waals surface area (Å²) in [5, 5.41) is 13.2. The number of nitrogens with one attached hydrogen (secondary N) is 2. The number of fused-ring (bicyclic) bond motifs is 1. The van der Waals surface area contributed by atoms with E-state index in [1.165, 1.54) is 0 Å². The summed E-state index contributed by atoms with van der Waals surface area (Å²) in [6.07, 6.45) is 1.56. The summed E-state index contributed by atoms with van der Waals surface area (Å²) in [5.41, 5.74) is 2.48. The summed E-state index contributed by atoms with van der Waals surface area (Å²) in [4.78, 5) is 28.0. The van der Waals surface area contributed by atoms with Crippen molar-refractivity contribution in [1.82, 2.24) is 10.3 Å². The first-order chi connectivity index (χ1) is 12.5. The van der Waals surface area contributed by atoms with E-state index in [9.17, 15) is 14.7 Å². The summed E-state index contributed by atoms with van der Waals surface area (Å²) in [7, 11) is 0. The van der Waals surface area contributed by atoms with Crippen LogP contribution in [0.4, 0.5) is 0 Å². The number of benzene rings is 2. The molecule has 3 N–H and O–H groups in total. The number of aromatic amines is 1. The topological polar surface area (TPSA) is 82.2 Å². The molecule has 7 heteroatoms. The van der Waals surface area contributed by atoms with E-state index in [4.69, 9.17) is 11.6 Å². The molecule has 0 saturated heterocycles. The average Bonchev–Trinajstić information content (AvgIpc) is 2.63. The lowest BCUT2D eigenvalue weighted by atomic mass is 10.1. The van der Waals surface area contributed by atoms with Gasteiger partial charge in [0.25, 0.3) is 0 Å². The zero-order valence-corrected chi connectivity index (χ0v) is 16.6. The van der Waals surface area contributed by atoms with E-state index in [0.29, 0.717) is 33.6 Å². The number of halogens is 2. The van der Waals surface area contributed by atoms with Crippen molar-refractivity contribution in [2.75, 3.05) is 0 Å². The molecule has 134 valence electrons. The van der Waals surface area contributed by atoms with Crippen molar-refractivity contribution >= 4 is 51.0 Å². The van der Waals surface area contributed by atoms with Gasteiger partial charge in [-0.05, 0) is 58.0 Å². The van der Waals surface area contributed by atoms with Crippen LogP contribution in [0.25, 0.3) is 10.9 Å². The molecule has 3 rings (SSSR count). The van der Waals surface area contributed by atoms with Crippen molar-refractivity contribution in [3.05, 3.63) is 78.1 Å². The van der Waals surface area contributed by atoms with Crippen LogP contribution >= 0.6 is 34.2 Å². The predicted molar refractivity (Wildman–Crippen MR) is 110 cm³/mol. The van der Waals surface area contributed by atoms with E-state index in [0.717, 1.165) is 9.13 Å². The molecule has 26 heavy (non-hydrogen) atoms. The van der Waals surface area contributed by atoms with Gasteiger partial charge in [-0.2, -0.15) is 0 Å². The van der Waals surface area contributed by atoms with Gasteiger partial charge in [0.1, 0.15) is 0 Å². The maximum atomic E-state index is 12.7. The van der Waals surface area contributed by atoms with Gasteiger partial charge in [-0.15, -0.1) is 0 Å². The van der Waals surface area contributed by atoms with Crippen LogP contribution in [-0.2, 0) is 24.4 Å². The number of amides is 1. The zero-order valence-electron chi connectivity index (χ0n) is 13.7. The molecular weight excluding hydrogens is 467 g/mol. The highest BCUT2D eigenvalue weighted by molar-refractivity contribution is 14.1. The average molecular weight is 483 g/mol. The van der Waals surface area contributed by atoms with Gasteiger partial charge in [0.05, 0.1) is 18.5 Å². The lowest BCUT2D eigenvalue weighted by molar-refractivity contribution is -0.120. The maximum absolute atomic E-state index is 12.7. The number of hydrogen-bond acceptors (Lipinski definition) is 3. The number of aromatic nitrogens is 1. The van der Waals surface area contributed by atoms with Crippen LogP contribution in [0.2, 0.25) is 5.02 Å². The van der Waals surface area contributed by atoms with Crippen LogP contribution in [0.1, 0.15) is 16.7 Å². The molecule has 0 aliphatic heterocycles. The fourth-order valence-electron chi connectivity index (χ4n) is 2.65. The maximum Gasteiger partial charge on any atom is 0.224 e. The Labute approximate surface area is 168 Å². The van der Waals surface area contributed by atoms with E-state index >= 15 is 0 Å². The van der Waals surface area contributed by atoms with Crippen molar-refractivity contribution in [3.63, 3.8) is 0 Å². The second kappa shape index (κ2) is 8.20. The van der Waals surface area contributed by atoms with Crippen LogP contribution in [0.5, 0.6) is 0 Å². The Balaban J connectivity index is 1.77. The molecule has 0 unspecified atom stereocenters. The van der Waals surface area contributed by atoms with Crippen molar-refractivity contribution < 1.29 is 9.90 Å². The minimum Gasteiger partial charge on any atom is -0.392 e. The van der Waals surface area contributed by atoms with Crippen LogP contribution < -0.4 is 10.7 Å². The van der Waals surface area contributed by atoms with Gasteiger partial charge >= 0.3 is 0 Å². The van der Waals surface area contributed by atoms with E-state index in [2.05, 4.69) is 32.9 Å². The van der Waals surface area contributed by atoms with Crippen molar-refractivity contribution in [2.45, 2.75) is 19.6 Å². The standard InChI is InChI=1S/C19H16ClIN2O3/c20-14-3-1-11(2-4-14)8-22-17(25)7-13-9-23-18-15(19(13)26)5-12(10-24)6-16(18)21/h1-6,9,24H,7-8,10H2,(H,22,25)(H,23,26). The highest BCUT2D eigenvalue weighted by atomic mass is 127. The second-order valence-electron chi connectivity index (χ2n) is 5.88. The molecule has 1 amide bonds. The van der Waals surface area contributed by atoms with Gasteiger partial charge in [0.2, 0.25) is 5.91 Å². The Kier molecular flexibility index (Phi) is 5.95. The number of H-pyrrole nitrogens is 1. The molecule has 1 aromatic heterocycles. The summed E-state index contributed by atoms with van der Waals surface area (Å²) in [5.74, 6) is -0.238. The number of pyridine rings is 1. The Hall–Kier alpha value is -1.90. The SMILES string of the molecule is O=C(Cc1c[nH]c2c(I)cc(CO)cc2c1=O)NCc1ccc(Cl)cc1. The molecule has 0 spiro atoms. The molecule has 0 aliphatic rings. The summed E-state index contributed by atoms with van der Waals surface area (Å²) < 4.78 is 0.847. The minimum absolute atomic E-state index is 0.0151. The van der Waals surface area contributed by atoms with E-state index in [1.54, 1.807) is 24.4 Å². The third-order valence-corrected chi connectivity index (χ3v) is 5.12. The Bertz CT molecular complexity index is 1020. The number of carbonyl (C=O) groups is 1. The highest BCUT2D eigenvalue weighted by Crippen LogP contribution is 2.19. The quantitative estimate of drug-likeness (QED) is 0.489. The molecule has 0 saturated carbocycles. The summed E-state index contributed by atoms with van der Waals surface area (Å²) >= 11 is 7.95. The Morgan fingerprint density at radius 1 is 1.19 bits per heavy atom. The fraction of sp³-hybridized carbons (Fsp3) is 0.158. The normalized spacial score (nSPS) is 10.9. The number of hydrogen-bond donors (Lipinski definition) is 3. The molecule has 0 bridgehead atoms. The highest BCUT2D eigenvalue weighted by Gasteiger charge is 2.12. The first-order valence-electron chi connectivity index (χ1n) is 7.92. The van der Waals surface area contributed by atoms with E-state index in [1.807, 2.05) is 18.2 Å². The third-order valence-electron chi connectivity index (χ3n) is 4.01. The van der Waals surface area contributed by atoms with Crippen molar-refractivity contribution in [3.8, 4) is 0 Å². The van der Waals surface area contributed by atoms with Crippen LogP contribution in [0.15, 0.2) is 47.4 Å². The first-order valence-corrected chi connectivity index (χ1v) is 9.38. The molecule has 3 aromatic rings. The number of aliphatic hydroxyl groups excluding tert-OH is 1. The first kappa shape index (κ1) is 18.9. The third kappa shape index (κ3) is 4.25. The van der Waals surface area contributed by atoms with Gasteiger partial charge in [-0.25, -0.2) is 0 Å². The molecule has 0 atom stereocenters. The predicted octanol–water partition coefficient (Wildman–Crippen LogP) is 3.14. The van der Waals surface area contributed by atoms with Gasteiger partial charge in [-0.3, -0.25) is 9.59 Å². The van der Waals surface area contributed by atoms with Gasteiger partial charge < -0.3 is 15.4 Å². The minimum atomic E-state index is -0.238. The number of carbonyl (C=O) groups excluding carboxylic acids is 1. The molecule has 0 fully saturated rings. The molecule has 2 aromatic carbocycles. The van der Waals surface area contributed by atoms with Crippen LogP contribution in [0.3, 0.4) is 0 Å². The zero-order chi connectivity index (χ0) is 18.7. The Morgan fingerprint density at radius 3 is 2.62 bits per heavy atom. The van der Waals surface area contributed by atoms with Crippen LogP contribution in [-0.4, -0.2) is 16.0 Å². The van der Waals surface area contributed by atoms with Crippen molar-refractivity contribution in [2.24, 2.45) is 0 Å². The Morgan fingerprint density at radius 2 is 1.92 bits per heavy atom. The molecule has 1 heterocycles. The van der Waals surface area contributed by atoms with Crippen molar-refractivity contribution in [1.29, 1.82) is 0 Å². The number of aliphatic hydroxyl groups is 1. The van der Waals surface area contributed by atoms with Crippen LogP contribution in [0, 0.1) is 3.57 Å². The lowest BCUT2D eigenvalue weighted by Gasteiger charge is -2.08. The second-order valence-corrected chi connectivity index (χ2v) is 7.48. The molecule has 0 aliphatic carbocycles. The molecular formula is C19H16ClIN2O3. The van der Waals surface area contributed by atoms with E-state index in [-0.39, 0.29) is 24.4 Å². The molecule has 0 radical (unpaired) electrons. The number of rotatable bonds is 5. The van der Waals surface area contributed by atoms with E-state index < -0.39 is 0 Å². The van der Waals surface area contributed by atoms with Gasteiger partial charge in [0, 0.05) is 32.3 Å². The summed E-state index contributed by atoms with van der Waals surface area (Å²) in [6, 6.07) is 10.7. The largest absolute Gasteiger partial charge is 0.392 e. The van der Waals surface area contributed by atoms with Gasteiger partial charge in [-0.1, -0.05) is 23.7 Å². The monoisotopic (exact) mass is 482 g/mol. The fourth-order valence-corrected chi connectivity index (χ4v) is 3.62. The van der Waals surface area contributed by atoms with Gasteiger partial charge in [0.15, 0.2) is 5.43 Å². The smallest absolute Gasteiger partial charge is 0.224 e. The molecule has 5 nitrogen and oxygen atoms in total. The lowest BCUT2D eigenvalue weighted by Crippen LogP contribution is -2.27.